The lowest BCUT2D eigenvalue weighted by Crippen LogP contribution is -2.28. The van der Waals surface area contributed by atoms with Crippen molar-refractivity contribution in [2.24, 2.45) is 4.99 Å². The summed E-state index contributed by atoms with van der Waals surface area (Å²) in [4.78, 5) is 8.51. The molecule has 194 valence electrons. The summed E-state index contributed by atoms with van der Waals surface area (Å²) in [5.74, 6) is -2.27. The minimum Gasteiger partial charge on any atom is -0.465 e. The van der Waals surface area contributed by atoms with Gasteiger partial charge in [0.25, 0.3) is 6.02 Å². The van der Waals surface area contributed by atoms with Crippen LogP contribution in [0.2, 0.25) is 30.7 Å². The average Bonchev–Trinajstić information content (AvgIpc) is 3.15. The number of rotatable bonds is 9. The van der Waals surface area contributed by atoms with Crippen LogP contribution in [0.4, 0.5) is 14.5 Å². The molecule has 0 saturated carbocycles. The number of fused-ring (bicyclic) bond motifs is 1. The van der Waals surface area contributed by atoms with Gasteiger partial charge in [0, 0.05) is 51.3 Å². The lowest BCUT2D eigenvalue weighted by Gasteiger charge is -2.20. The van der Waals surface area contributed by atoms with Gasteiger partial charge in [-0.1, -0.05) is 31.2 Å². The van der Waals surface area contributed by atoms with Crippen molar-refractivity contribution >= 4 is 42.4 Å². The van der Waals surface area contributed by atoms with Crippen molar-refractivity contribution in [3.63, 3.8) is 0 Å². The minimum absolute atomic E-state index is 0.0868. The van der Waals surface area contributed by atoms with Crippen LogP contribution in [-0.2, 0) is 16.2 Å². The minimum atomic E-state index is -1.22. The van der Waals surface area contributed by atoms with Gasteiger partial charge in [0.2, 0.25) is 0 Å². The van der Waals surface area contributed by atoms with E-state index < -0.39 is 25.5 Å². The Morgan fingerprint density at radius 1 is 1.28 bits per heavy atom. The topological polar surface area (TPSA) is 90.1 Å². The summed E-state index contributed by atoms with van der Waals surface area (Å²) < 4.78 is 48.4. The van der Waals surface area contributed by atoms with Crippen LogP contribution < -0.4 is 10.1 Å². The maximum Gasteiger partial charge on any atom is 0.289 e. The van der Waals surface area contributed by atoms with Crippen LogP contribution in [0, 0.1) is 11.6 Å². The quantitative estimate of drug-likeness (QED) is 0.271. The lowest BCUT2D eigenvalue weighted by atomic mass is 10.2. The van der Waals surface area contributed by atoms with Crippen molar-refractivity contribution in [3.05, 3.63) is 47.2 Å². The van der Waals surface area contributed by atoms with E-state index in [1.165, 1.54) is 12.3 Å². The third kappa shape index (κ3) is 6.33. The largest absolute Gasteiger partial charge is 0.465 e. The van der Waals surface area contributed by atoms with Crippen molar-refractivity contribution in [2.45, 2.75) is 44.9 Å². The first-order valence-electron chi connectivity index (χ1n) is 11.6. The molecule has 0 fully saturated rings. The number of amidine groups is 1. The monoisotopic (exact) mass is 538 g/mol. The van der Waals surface area contributed by atoms with Crippen LogP contribution in [0.5, 0.6) is 11.5 Å². The predicted octanol–water partition coefficient (Wildman–Crippen LogP) is 5.62. The maximum absolute atomic E-state index is 14.9. The van der Waals surface area contributed by atoms with E-state index in [1.54, 1.807) is 10.8 Å². The molecule has 12 heteroatoms. The number of hydrogen-bond donors (Lipinski definition) is 2. The molecule has 3 aromatic rings. The van der Waals surface area contributed by atoms with Crippen LogP contribution in [-0.4, -0.2) is 54.6 Å². The number of aromatic nitrogens is 2. The van der Waals surface area contributed by atoms with E-state index in [9.17, 15) is 13.9 Å². The van der Waals surface area contributed by atoms with Gasteiger partial charge < -0.3 is 29.2 Å². The second kappa shape index (κ2) is 11.1. The van der Waals surface area contributed by atoms with Crippen LogP contribution in [0.15, 0.2) is 35.6 Å². The number of aliphatic hydroxyl groups excluding tert-OH is 1. The highest BCUT2D eigenvalue weighted by Gasteiger charge is 2.21. The zero-order valence-corrected chi connectivity index (χ0v) is 22.1. The number of ether oxygens (including phenoxy) is 3. The van der Waals surface area contributed by atoms with Gasteiger partial charge in [-0.25, -0.2) is 18.8 Å². The van der Waals surface area contributed by atoms with Crippen LogP contribution in [0.1, 0.15) is 6.42 Å². The first-order chi connectivity index (χ1) is 17.1. The molecule has 1 aliphatic heterocycles. The Balaban J connectivity index is 1.53. The second-order valence-corrected chi connectivity index (χ2v) is 15.7. The molecule has 3 heterocycles. The van der Waals surface area contributed by atoms with E-state index in [0.717, 1.165) is 18.2 Å². The Morgan fingerprint density at radius 2 is 2.03 bits per heavy atom. The smallest absolute Gasteiger partial charge is 0.289 e. The molecule has 0 spiro atoms. The Labute approximate surface area is 213 Å². The summed E-state index contributed by atoms with van der Waals surface area (Å²) in [7, 11) is -1.22. The third-order valence-corrected chi connectivity index (χ3v) is 7.55. The number of halogens is 3. The number of hydrogen-bond acceptors (Lipinski definition) is 7. The van der Waals surface area contributed by atoms with Gasteiger partial charge in [0.15, 0.2) is 17.4 Å². The third-order valence-electron chi connectivity index (χ3n) is 5.56. The fourth-order valence-electron chi connectivity index (χ4n) is 3.59. The predicted molar refractivity (Wildman–Crippen MR) is 138 cm³/mol. The van der Waals surface area contributed by atoms with E-state index in [1.807, 2.05) is 0 Å². The first kappa shape index (κ1) is 26.3. The molecule has 2 aromatic heterocycles. The molecule has 1 aliphatic rings. The van der Waals surface area contributed by atoms with E-state index in [0.29, 0.717) is 35.7 Å². The zero-order chi connectivity index (χ0) is 25.9. The molecule has 0 unspecified atom stereocenters. The van der Waals surface area contributed by atoms with Crippen LogP contribution in [0.3, 0.4) is 0 Å². The van der Waals surface area contributed by atoms with Gasteiger partial charge in [0.1, 0.15) is 18.1 Å². The maximum atomic E-state index is 14.9. The summed E-state index contributed by atoms with van der Waals surface area (Å²) >= 11 is 6.44. The number of nitrogens with one attached hydrogen (secondary N) is 1. The fourth-order valence-corrected chi connectivity index (χ4v) is 4.64. The molecular formula is C24H29ClF2N4O4Si. The van der Waals surface area contributed by atoms with Crippen LogP contribution >= 0.6 is 11.6 Å². The molecule has 0 saturated heterocycles. The molecule has 2 N–H and O–H groups in total. The molecular weight excluding hydrogens is 510 g/mol. The molecule has 0 bridgehead atoms. The number of aliphatic hydroxyl groups is 1. The highest BCUT2D eigenvalue weighted by Crippen LogP contribution is 2.37. The average molecular weight is 539 g/mol. The normalized spacial score (nSPS) is 16.1. The first-order valence-corrected chi connectivity index (χ1v) is 15.7. The molecule has 0 aliphatic carbocycles. The highest BCUT2D eigenvalue weighted by atomic mass is 35.5. The van der Waals surface area contributed by atoms with Gasteiger partial charge >= 0.3 is 0 Å². The molecule has 4 rings (SSSR count). The Hall–Kier alpha value is -2.73. The van der Waals surface area contributed by atoms with Gasteiger partial charge in [0.05, 0.1) is 29.7 Å². The number of benzene rings is 1. The van der Waals surface area contributed by atoms with E-state index in [2.05, 4.69) is 34.9 Å². The fraction of sp³-hybridized carbons (Fsp3) is 0.417. The van der Waals surface area contributed by atoms with Gasteiger partial charge in [-0.3, -0.25) is 0 Å². The number of pyridine rings is 1. The Kier molecular flexibility index (Phi) is 8.13. The molecule has 1 aromatic carbocycles. The van der Waals surface area contributed by atoms with Gasteiger partial charge in [-0.2, -0.15) is 0 Å². The van der Waals surface area contributed by atoms with E-state index in [4.69, 9.17) is 25.8 Å². The summed E-state index contributed by atoms with van der Waals surface area (Å²) in [6.07, 6.45) is 3.70. The molecule has 8 nitrogen and oxygen atoms in total. The van der Waals surface area contributed by atoms with E-state index in [-0.39, 0.29) is 36.8 Å². The standard InChI is InChI=1S/C24H29ClF2N4O4Si/c1-36(2,3)9-8-33-14-31-12-17(25)21-20(4-6-28-23(21)31)35-22-18(26)10-16(11-19(22)27)30-24-29-15(13-32)5-7-34-24/h4,6,10-12,15,32H,5,7-9,13-14H2,1-3H3,(H,29,30)/t15-/m1/s1. The van der Waals surface area contributed by atoms with Gasteiger partial charge in [-0.05, 0) is 12.1 Å². The van der Waals surface area contributed by atoms with Crippen molar-refractivity contribution in [3.8, 4) is 11.5 Å². The molecule has 0 amide bonds. The van der Waals surface area contributed by atoms with Crippen molar-refractivity contribution in [1.29, 1.82) is 0 Å². The number of anilines is 1. The molecule has 0 radical (unpaired) electrons. The van der Waals surface area contributed by atoms with Crippen molar-refractivity contribution < 1.29 is 28.1 Å². The Morgan fingerprint density at radius 3 is 2.72 bits per heavy atom. The highest BCUT2D eigenvalue weighted by molar-refractivity contribution is 6.76. The number of nitrogens with zero attached hydrogens (tertiary/aromatic N) is 3. The Bertz CT molecular complexity index is 1240. The lowest BCUT2D eigenvalue weighted by molar-refractivity contribution is 0.0899. The SMILES string of the molecule is C[Si](C)(C)CCOCn1cc(Cl)c2c(Oc3c(F)cc(NC4=N[C@@H](CO)CCO4)cc3F)ccnc21. The number of aliphatic imine (C=N–C) groups is 1. The zero-order valence-electron chi connectivity index (χ0n) is 20.4. The van der Waals surface area contributed by atoms with E-state index >= 15 is 0 Å². The summed E-state index contributed by atoms with van der Waals surface area (Å²) in [5.41, 5.74) is 0.574. The van der Waals surface area contributed by atoms with Crippen molar-refractivity contribution in [2.75, 3.05) is 25.1 Å². The molecule has 1 atom stereocenters. The van der Waals surface area contributed by atoms with Crippen LogP contribution in [0.25, 0.3) is 11.0 Å². The van der Waals surface area contributed by atoms with Gasteiger partial charge in [-0.15, -0.1) is 0 Å². The molecule has 36 heavy (non-hydrogen) atoms. The van der Waals surface area contributed by atoms with Crippen molar-refractivity contribution in [1.82, 2.24) is 9.55 Å². The summed E-state index contributed by atoms with van der Waals surface area (Å²) in [6, 6.07) is 4.43. The summed E-state index contributed by atoms with van der Waals surface area (Å²) in [5, 5.41) is 12.8. The summed E-state index contributed by atoms with van der Waals surface area (Å²) in [6.45, 7) is 7.89. The second-order valence-electron chi connectivity index (χ2n) is 9.71.